The van der Waals surface area contributed by atoms with E-state index in [-0.39, 0.29) is 16.6 Å². The molecule has 0 unspecified atom stereocenters. The maximum atomic E-state index is 11.6. The molecule has 76 valence electrons. The van der Waals surface area contributed by atoms with E-state index in [0.717, 1.165) is 0 Å². The molecule has 1 N–H and O–H groups in total. The molecule has 1 aromatic rings. The summed E-state index contributed by atoms with van der Waals surface area (Å²) in [5.74, 6) is -0.199. The fourth-order valence-electron chi connectivity index (χ4n) is 0.963. The predicted molar refractivity (Wildman–Crippen MR) is 56.5 cm³/mol. The van der Waals surface area contributed by atoms with Crippen molar-refractivity contribution >= 4 is 17.5 Å². The second kappa shape index (κ2) is 3.96. The van der Waals surface area contributed by atoms with E-state index in [0.29, 0.717) is 5.56 Å². The largest absolute Gasteiger partial charge is 0.347 e. The van der Waals surface area contributed by atoms with Crippen LogP contribution in [0.25, 0.3) is 0 Å². The molecule has 4 heteroatoms. The number of hydrogen-bond acceptors (Lipinski definition) is 2. The van der Waals surface area contributed by atoms with Gasteiger partial charge in [0, 0.05) is 11.7 Å². The molecule has 0 spiro atoms. The van der Waals surface area contributed by atoms with Gasteiger partial charge in [-0.2, -0.15) is 0 Å². The highest BCUT2D eigenvalue weighted by molar-refractivity contribution is 6.32. The zero-order valence-electron chi connectivity index (χ0n) is 8.47. The van der Waals surface area contributed by atoms with Crippen LogP contribution in [0.5, 0.6) is 0 Å². The van der Waals surface area contributed by atoms with E-state index < -0.39 is 0 Å². The van der Waals surface area contributed by atoms with Gasteiger partial charge in [-0.25, -0.2) is 4.98 Å². The molecular weight excluding hydrogens is 200 g/mol. The number of pyridine rings is 1. The molecule has 1 aromatic heterocycles. The lowest BCUT2D eigenvalue weighted by Gasteiger charge is -2.20. The monoisotopic (exact) mass is 212 g/mol. The summed E-state index contributed by atoms with van der Waals surface area (Å²) in [5, 5.41) is 3.04. The normalized spacial score (nSPS) is 11.1. The molecule has 14 heavy (non-hydrogen) atoms. The zero-order valence-corrected chi connectivity index (χ0v) is 9.22. The van der Waals surface area contributed by atoms with Crippen molar-refractivity contribution in [2.75, 3.05) is 0 Å². The van der Waals surface area contributed by atoms with Crippen LogP contribution in [0, 0.1) is 0 Å². The second-order valence-corrected chi connectivity index (χ2v) is 4.40. The van der Waals surface area contributed by atoms with Crippen molar-refractivity contribution in [3.05, 3.63) is 29.0 Å². The standard InChI is InChI=1S/C10H13ClN2O/c1-10(2,3)13-9(14)7-5-4-6-12-8(7)11/h4-6H,1-3H3,(H,13,14). The van der Waals surface area contributed by atoms with Gasteiger partial charge in [-0.1, -0.05) is 11.6 Å². The highest BCUT2D eigenvalue weighted by atomic mass is 35.5. The van der Waals surface area contributed by atoms with Gasteiger partial charge in [-0.05, 0) is 32.9 Å². The maximum absolute atomic E-state index is 11.6. The van der Waals surface area contributed by atoms with Crippen LogP contribution < -0.4 is 5.32 Å². The molecule has 0 aliphatic rings. The van der Waals surface area contributed by atoms with E-state index in [1.54, 1.807) is 18.3 Å². The van der Waals surface area contributed by atoms with Gasteiger partial charge >= 0.3 is 0 Å². The Bertz CT molecular complexity index is 344. The highest BCUT2D eigenvalue weighted by Crippen LogP contribution is 2.12. The van der Waals surface area contributed by atoms with Crippen LogP contribution in [-0.4, -0.2) is 16.4 Å². The average molecular weight is 213 g/mol. The van der Waals surface area contributed by atoms with Gasteiger partial charge in [0.1, 0.15) is 5.15 Å². The van der Waals surface area contributed by atoms with Gasteiger partial charge in [-0.3, -0.25) is 4.79 Å². The molecule has 0 saturated carbocycles. The van der Waals surface area contributed by atoms with Crippen molar-refractivity contribution in [2.45, 2.75) is 26.3 Å². The van der Waals surface area contributed by atoms with Gasteiger partial charge in [0.15, 0.2) is 0 Å². The van der Waals surface area contributed by atoms with Crippen molar-refractivity contribution < 1.29 is 4.79 Å². The van der Waals surface area contributed by atoms with Crippen molar-refractivity contribution in [1.82, 2.24) is 10.3 Å². The number of carbonyl (C=O) groups excluding carboxylic acids is 1. The molecule has 1 amide bonds. The zero-order chi connectivity index (χ0) is 10.8. The van der Waals surface area contributed by atoms with Crippen LogP contribution in [0.2, 0.25) is 5.15 Å². The Hall–Kier alpha value is -1.09. The van der Waals surface area contributed by atoms with Crippen LogP contribution in [0.3, 0.4) is 0 Å². The molecule has 0 aromatic carbocycles. The highest BCUT2D eigenvalue weighted by Gasteiger charge is 2.17. The van der Waals surface area contributed by atoms with Crippen molar-refractivity contribution in [3.63, 3.8) is 0 Å². The van der Waals surface area contributed by atoms with Crippen molar-refractivity contribution in [1.29, 1.82) is 0 Å². The number of aromatic nitrogens is 1. The summed E-state index contributed by atoms with van der Waals surface area (Å²) in [6.07, 6.45) is 1.55. The molecular formula is C10H13ClN2O. The lowest BCUT2D eigenvalue weighted by Crippen LogP contribution is -2.40. The third-order valence-electron chi connectivity index (χ3n) is 1.49. The molecule has 0 atom stereocenters. The Labute approximate surface area is 88.5 Å². The number of nitrogens with one attached hydrogen (secondary N) is 1. The third-order valence-corrected chi connectivity index (χ3v) is 1.79. The molecule has 0 bridgehead atoms. The van der Waals surface area contributed by atoms with Gasteiger partial charge in [-0.15, -0.1) is 0 Å². The Balaban J connectivity index is 2.86. The van der Waals surface area contributed by atoms with Crippen LogP contribution in [0.4, 0.5) is 0 Å². The topological polar surface area (TPSA) is 42.0 Å². The van der Waals surface area contributed by atoms with E-state index in [2.05, 4.69) is 10.3 Å². The Morgan fingerprint density at radius 2 is 2.14 bits per heavy atom. The first-order valence-corrected chi connectivity index (χ1v) is 4.71. The summed E-state index contributed by atoms with van der Waals surface area (Å²) in [5.41, 5.74) is 0.139. The van der Waals surface area contributed by atoms with E-state index in [9.17, 15) is 4.79 Å². The first kappa shape index (κ1) is 11.0. The molecule has 3 nitrogen and oxygen atoms in total. The Morgan fingerprint density at radius 1 is 1.50 bits per heavy atom. The summed E-state index contributed by atoms with van der Waals surface area (Å²) in [6.45, 7) is 5.74. The summed E-state index contributed by atoms with van der Waals surface area (Å²) >= 11 is 5.78. The van der Waals surface area contributed by atoms with E-state index in [1.165, 1.54) is 0 Å². The fourth-order valence-corrected chi connectivity index (χ4v) is 1.17. The average Bonchev–Trinajstić information content (AvgIpc) is 2.01. The quantitative estimate of drug-likeness (QED) is 0.726. The summed E-state index contributed by atoms with van der Waals surface area (Å²) in [7, 11) is 0. The minimum absolute atomic E-state index is 0.199. The molecule has 1 rings (SSSR count). The number of hydrogen-bond donors (Lipinski definition) is 1. The molecule has 0 fully saturated rings. The van der Waals surface area contributed by atoms with E-state index in [4.69, 9.17) is 11.6 Å². The summed E-state index contributed by atoms with van der Waals surface area (Å²) < 4.78 is 0. The summed E-state index contributed by atoms with van der Waals surface area (Å²) in [4.78, 5) is 15.5. The number of rotatable bonds is 1. The SMILES string of the molecule is CC(C)(C)NC(=O)c1cccnc1Cl. The van der Waals surface area contributed by atoms with Crippen LogP contribution in [0.15, 0.2) is 18.3 Å². The molecule has 0 aliphatic carbocycles. The fraction of sp³-hybridized carbons (Fsp3) is 0.400. The minimum atomic E-state index is -0.268. The van der Waals surface area contributed by atoms with Crippen LogP contribution in [0.1, 0.15) is 31.1 Å². The van der Waals surface area contributed by atoms with Gasteiger partial charge in [0.2, 0.25) is 0 Å². The smallest absolute Gasteiger partial charge is 0.254 e. The second-order valence-electron chi connectivity index (χ2n) is 4.05. The molecule has 0 aliphatic heterocycles. The summed E-state index contributed by atoms with van der Waals surface area (Å²) in [6, 6.07) is 3.33. The van der Waals surface area contributed by atoms with Gasteiger partial charge < -0.3 is 5.32 Å². The Kier molecular flexibility index (Phi) is 3.11. The number of amides is 1. The predicted octanol–water partition coefficient (Wildman–Crippen LogP) is 2.26. The van der Waals surface area contributed by atoms with E-state index >= 15 is 0 Å². The van der Waals surface area contributed by atoms with Gasteiger partial charge in [0.05, 0.1) is 5.56 Å². The van der Waals surface area contributed by atoms with Gasteiger partial charge in [0.25, 0.3) is 5.91 Å². The van der Waals surface area contributed by atoms with E-state index in [1.807, 2.05) is 20.8 Å². The Morgan fingerprint density at radius 3 is 2.64 bits per heavy atom. The molecule has 0 radical (unpaired) electrons. The minimum Gasteiger partial charge on any atom is -0.347 e. The maximum Gasteiger partial charge on any atom is 0.254 e. The first-order chi connectivity index (χ1) is 6.40. The van der Waals surface area contributed by atoms with Crippen molar-refractivity contribution in [2.24, 2.45) is 0 Å². The molecule has 1 heterocycles. The van der Waals surface area contributed by atoms with Crippen molar-refractivity contribution in [3.8, 4) is 0 Å². The van der Waals surface area contributed by atoms with Crippen LogP contribution in [-0.2, 0) is 0 Å². The first-order valence-electron chi connectivity index (χ1n) is 4.33. The lowest BCUT2D eigenvalue weighted by molar-refractivity contribution is 0.0919. The third kappa shape index (κ3) is 3.00. The van der Waals surface area contributed by atoms with Crippen LogP contribution >= 0.6 is 11.6 Å². The lowest BCUT2D eigenvalue weighted by atomic mass is 10.1. The number of nitrogens with zero attached hydrogens (tertiary/aromatic N) is 1. The number of halogens is 1. The number of carbonyl (C=O) groups is 1. The molecule has 0 saturated heterocycles.